The summed E-state index contributed by atoms with van der Waals surface area (Å²) in [5.74, 6) is -1.48. The zero-order valence-electron chi connectivity index (χ0n) is 21.4. The van der Waals surface area contributed by atoms with Crippen LogP contribution in [0.3, 0.4) is 0 Å². The van der Waals surface area contributed by atoms with E-state index < -0.39 is 30.3 Å². The minimum atomic E-state index is -1.08. The molecule has 2 aliphatic rings. The number of rotatable bonds is 9. The number of carbonyl (C=O) groups excluding carboxylic acids is 2. The lowest BCUT2D eigenvalue weighted by Crippen LogP contribution is -2.59. The molecule has 2 aliphatic carbocycles. The van der Waals surface area contributed by atoms with E-state index in [0.29, 0.717) is 0 Å². The van der Waals surface area contributed by atoms with Crippen molar-refractivity contribution in [3.05, 3.63) is 71.3 Å². The Morgan fingerprint density at radius 1 is 0.973 bits per heavy atom. The van der Waals surface area contributed by atoms with Crippen molar-refractivity contribution in [2.24, 2.45) is 0 Å². The molecule has 2 amide bonds. The van der Waals surface area contributed by atoms with Crippen LogP contribution in [0.4, 0.5) is 4.79 Å². The first-order valence-corrected chi connectivity index (χ1v) is 12.8. The minimum Gasteiger partial charge on any atom is -0.478 e. The van der Waals surface area contributed by atoms with E-state index in [1.807, 2.05) is 50.2 Å². The summed E-state index contributed by atoms with van der Waals surface area (Å²) in [6, 6.07) is 14.8. The predicted octanol–water partition coefficient (Wildman–Crippen LogP) is 4.39. The molecule has 3 atom stereocenters. The maximum Gasteiger partial charge on any atom is 0.407 e. The number of carbonyl (C=O) groups is 3. The van der Waals surface area contributed by atoms with Gasteiger partial charge >= 0.3 is 12.1 Å². The van der Waals surface area contributed by atoms with Crippen LogP contribution >= 0.6 is 0 Å². The number of hydrogen-bond acceptors (Lipinski definition) is 5. The lowest BCUT2D eigenvalue weighted by Gasteiger charge is -2.38. The fraction of sp³-hybridized carbons (Fsp3) is 0.414. The van der Waals surface area contributed by atoms with E-state index >= 15 is 0 Å². The Morgan fingerprint density at radius 2 is 1.57 bits per heavy atom. The Morgan fingerprint density at radius 3 is 2.11 bits per heavy atom. The second-order valence-corrected chi connectivity index (χ2v) is 9.54. The van der Waals surface area contributed by atoms with E-state index in [1.54, 1.807) is 0 Å². The number of nitrogens with one attached hydrogen (secondary N) is 2. The van der Waals surface area contributed by atoms with Crippen molar-refractivity contribution in [1.82, 2.24) is 10.6 Å². The first-order chi connectivity index (χ1) is 17.8. The van der Waals surface area contributed by atoms with Gasteiger partial charge in [0.15, 0.2) is 0 Å². The third kappa shape index (κ3) is 5.85. The van der Waals surface area contributed by atoms with Gasteiger partial charge in [0, 0.05) is 24.8 Å². The highest BCUT2D eigenvalue weighted by Crippen LogP contribution is 2.44. The van der Waals surface area contributed by atoms with Gasteiger partial charge < -0.3 is 25.2 Å². The summed E-state index contributed by atoms with van der Waals surface area (Å²) in [5, 5.41) is 15.4. The molecule has 2 aromatic rings. The molecule has 2 aromatic carbocycles. The van der Waals surface area contributed by atoms with Crippen LogP contribution in [0.15, 0.2) is 60.2 Å². The van der Waals surface area contributed by atoms with Crippen LogP contribution in [0.5, 0.6) is 0 Å². The maximum atomic E-state index is 13.0. The van der Waals surface area contributed by atoms with Gasteiger partial charge in [0.1, 0.15) is 6.61 Å². The average molecular weight is 507 g/mol. The molecular formula is C29H34N2O6. The molecule has 8 heteroatoms. The number of alkyl carbamates (subject to hydrolysis) is 1. The number of benzene rings is 2. The van der Waals surface area contributed by atoms with E-state index in [1.165, 1.54) is 13.0 Å². The fourth-order valence-corrected chi connectivity index (χ4v) is 5.30. The molecule has 0 aliphatic heterocycles. The molecule has 0 heterocycles. The summed E-state index contributed by atoms with van der Waals surface area (Å²) >= 11 is 0. The van der Waals surface area contributed by atoms with Gasteiger partial charge in [0.05, 0.1) is 24.3 Å². The highest BCUT2D eigenvalue weighted by atomic mass is 16.5. The van der Waals surface area contributed by atoms with Crippen LogP contribution in [0, 0.1) is 0 Å². The van der Waals surface area contributed by atoms with Crippen LogP contribution in [0.1, 0.15) is 57.1 Å². The molecule has 0 radical (unpaired) electrons. The van der Waals surface area contributed by atoms with Crippen LogP contribution < -0.4 is 10.6 Å². The standard InChI is InChI=1S/C29H34N2O6/c1-4-19(5-2)37-26-15-18(28(33)34)14-25(27(26)30-17(3)32)31-29(35)36-16-24-22-12-8-6-10-20(22)21-11-7-9-13-23(21)24/h6-13,15,19,24-27H,4-5,14,16H2,1-3H3,(H,30,32)(H,31,35)(H,33,34)/t25-,26+,27+/m0/s1. The normalized spacial score (nSPS) is 20.5. The van der Waals surface area contributed by atoms with Crippen molar-refractivity contribution < 1.29 is 29.0 Å². The summed E-state index contributed by atoms with van der Waals surface area (Å²) in [5.41, 5.74) is 4.58. The lowest BCUT2D eigenvalue weighted by atomic mass is 9.87. The predicted molar refractivity (Wildman–Crippen MR) is 139 cm³/mol. The summed E-state index contributed by atoms with van der Waals surface area (Å²) in [7, 11) is 0. The number of hydrogen-bond donors (Lipinski definition) is 3. The topological polar surface area (TPSA) is 114 Å². The molecule has 196 valence electrons. The van der Waals surface area contributed by atoms with Crippen LogP contribution in [0.2, 0.25) is 0 Å². The molecular weight excluding hydrogens is 472 g/mol. The van der Waals surface area contributed by atoms with E-state index in [0.717, 1.165) is 35.1 Å². The van der Waals surface area contributed by atoms with Crippen LogP contribution in [-0.4, -0.2) is 54.0 Å². The highest BCUT2D eigenvalue weighted by molar-refractivity contribution is 5.87. The van der Waals surface area contributed by atoms with Crippen molar-refractivity contribution in [3.63, 3.8) is 0 Å². The number of carboxylic acids is 1. The molecule has 0 saturated heterocycles. The van der Waals surface area contributed by atoms with Gasteiger partial charge in [-0.25, -0.2) is 9.59 Å². The number of carboxylic acid groups (broad SMARTS) is 1. The van der Waals surface area contributed by atoms with Gasteiger partial charge in [0.2, 0.25) is 5.91 Å². The molecule has 8 nitrogen and oxygen atoms in total. The Labute approximate surface area is 217 Å². The van der Waals surface area contributed by atoms with Gasteiger partial charge in [0.25, 0.3) is 0 Å². The summed E-state index contributed by atoms with van der Waals surface area (Å²) < 4.78 is 11.8. The van der Waals surface area contributed by atoms with Crippen molar-refractivity contribution >= 4 is 18.0 Å². The number of ether oxygens (including phenoxy) is 2. The maximum absolute atomic E-state index is 13.0. The molecule has 0 bridgehead atoms. The fourth-order valence-electron chi connectivity index (χ4n) is 5.30. The van der Waals surface area contributed by atoms with Crippen molar-refractivity contribution in [2.45, 2.75) is 70.2 Å². The first-order valence-electron chi connectivity index (χ1n) is 12.8. The molecule has 0 unspecified atom stereocenters. The smallest absolute Gasteiger partial charge is 0.407 e. The van der Waals surface area contributed by atoms with E-state index in [2.05, 4.69) is 22.8 Å². The molecule has 0 fully saturated rings. The molecule has 3 N–H and O–H groups in total. The van der Waals surface area contributed by atoms with Gasteiger partial charge in [-0.2, -0.15) is 0 Å². The van der Waals surface area contributed by atoms with E-state index in [-0.39, 0.29) is 36.5 Å². The number of fused-ring (bicyclic) bond motifs is 3. The zero-order chi connectivity index (χ0) is 26.5. The third-order valence-electron chi connectivity index (χ3n) is 7.14. The summed E-state index contributed by atoms with van der Waals surface area (Å²) in [6.07, 6.45) is 1.56. The monoisotopic (exact) mass is 506 g/mol. The summed E-state index contributed by atoms with van der Waals surface area (Å²) in [6.45, 7) is 5.49. The van der Waals surface area contributed by atoms with Gasteiger partial charge in [-0.1, -0.05) is 62.4 Å². The average Bonchev–Trinajstić information content (AvgIpc) is 3.20. The Hall–Kier alpha value is -3.65. The number of aliphatic carboxylic acids is 1. The van der Waals surface area contributed by atoms with Crippen molar-refractivity contribution in [3.8, 4) is 11.1 Å². The highest BCUT2D eigenvalue weighted by Gasteiger charge is 2.39. The quantitative estimate of drug-likeness (QED) is 0.465. The molecule has 0 spiro atoms. The second kappa shape index (κ2) is 11.6. The van der Waals surface area contributed by atoms with E-state index in [4.69, 9.17) is 9.47 Å². The van der Waals surface area contributed by atoms with Gasteiger partial charge in [-0.05, 0) is 41.2 Å². The molecule has 4 rings (SSSR count). The zero-order valence-corrected chi connectivity index (χ0v) is 21.4. The molecule has 0 aromatic heterocycles. The SMILES string of the molecule is CCC(CC)O[C@@H]1C=C(C(=O)O)C[C@H](NC(=O)OCC2c3ccccc3-c3ccccc32)[C@H]1NC(C)=O. The van der Waals surface area contributed by atoms with Gasteiger partial charge in [-0.15, -0.1) is 0 Å². The minimum absolute atomic E-state index is 0.0350. The van der Waals surface area contributed by atoms with Crippen LogP contribution in [-0.2, 0) is 19.1 Å². The lowest BCUT2D eigenvalue weighted by molar-refractivity contribution is -0.133. The van der Waals surface area contributed by atoms with Crippen LogP contribution in [0.25, 0.3) is 11.1 Å². The number of amides is 2. The second-order valence-electron chi connectivity index (χ2n) is 9.54. The summed E-state index contributed by atoms with van der Waals surface area (Å²) in [4.78, 5) is 36.9. The third-order valence-corrected chi connectivity index (χ3v) is 7.14. The van der Waals surface area contributed by atoms with Gasteiger partial charge in [-0.3, -0.25) is 4.79 Å². The molecule has 37 heavy (non-hydrogen) atoms. The van der Waals surface area contributed by atoms with Crippen molar-refractivity contribution in [1.29, 1.82) is 0 Å². The van der Waals surface area contributed by atoms with Crippen molar-refractivity contribution in [2.75, 3.05) is 6.61 Å². The first kappa shape index (κ1) is 26.4. The van der Waals surface area contributed by atoms with E-state index in [9.17, 15) is 19.5 Å². The molecule has 0 saturated carbocycles. The largest absolute Gasteiger partial charge is 0.478 e. The Balaban J connectivity index is 1.50. The Bertz CT molecular complexity index is 1140. The Kier molecular flexibility index (Phi) is 8.28.